The first-order chi connectivity index (χ1) is 8.47. The molecule has 8 nitrogen and oxygen atoms in total. The van der Waals surface area contributed by atoms with E-state index in [0.29, 0.717) is 0 Å². The topological polar surface area (TPSA) is 126 Å². The second-order valence-corrected chi connectivity index (χ2v) is 3.30. The number of hydrogen-bond acceptors (Lipinski definition) is 5. The van der Waals surface area contributed by atoms with E-state index in [1.165, 1.54) is 12.1 Å². The largest absolute Gasteiger partial charge is 0.475 e. The molecular weight excluding hydrogens is 244 g/mol. The molecule has 0 unspecified atom stereocenters. The summed E-state index contributed by atoms with van der Waals surface area (Å²) in [4.78, 5) is 44.0. The number of barbiturate groups is 1. The zero-order valence-corrected chi connectivity index (χ0v) is 8.72. The van der Waals surface area contributed by atoms with Crippen molar-refractivity contribution in [2.45, 2.75) is 0 Å². The third-order valence-electron chi connectivity index (χ3n) is 2.07. The lowest BCUT2D eigenvalue weighted by Crippen LogP contribution is -2.51. The van der Waals surface area contributed by atoms with Gasteiger partial charge in [0, 0.05) is 0 Å². The lowest BCUT2D eigenvalue weighted by atomic mass is 10.1. The van der Waals surface area contributed by atoms with Crippen LogP contribution in [0.1, 0.15) is 16.3 Å². The van der Waals surface area contributed by atoms with E-state index in [1.807, 2.05) is 10.6 Å². The molecule has 3 N–H and O–H groups in total. The first-order valence-corrected chi connectivity index (χ1v) is 4.69. The highest BCUT2D eigenvalue weighted by molar-refractivity contribution is 6.31. The van der Waals surface area contributed by atoms with Crippen molar-refractivity contribution in [2.24, 2.45) is 0 Å². The number of amides is 4. The Labute approximate surface area is 99.3 Å². The van der Waals surface area contributed by atoms with Crippen molar-refractivity contribution in [2.75, 3.05) is 0 Å². The Hall–Kier alpha value is -2.90. The number of nitrogens with one attached hydrogen (secondary N) is 2. The number of aromatic carboxylic acids is 1. The second kappa shape index (κ2) is 4.17. The van der Waals surface area contributed by atoms with E-state index in [0.717, 1.165) is 6.08 Å². The van der Waals surface area contributed by atoms with E-state index in [9.17, 15) is 19.2 Å². The van der Waals surface area contributed by atoms with E-state index in [1.54, 1.807) is 0 Å². The number of carbonyl (C=O) groups excluding carboxylic acids is 3. The standard InChI is InChI=1S/C10H6N2O6/c13-7-5(8(14)12-10(17)11-7)3-4-1-2-6(18-4)9(15)16/h1-3H,(H,15,16)(H2,11,12,13,14,17). The quantitative estimate of drug-likeness (QED) is 0.489. The van der Waals surface area contributed by atoms with Gasteiger partial charge in [0.25, 0.3) is 11.8 Å². The molecule has 1 saturated heterocycles. The van der Waals surface area contributed by atoms with Gasteiger partial charge in [-0.05, 0) is 18.2 Å². The van der Waals surface area contributed by atoms with Crippen molar-refractivity contribution >= 4 is 29.9 Å². The van der Waals surface area contributed by atoms with Crippen molar-refractivity contribution in [1.82, 2.24) is 10.6 Å². The van der Waals surface area contributed by atoms with Gasteiger partial charge in [-0.25, -0.2) is 9.59 Å². The maximum atomic E-state index is 11.3. The average molecular weight is 250 g/mol. The summed E-state index contributed by atoms with van der Waals surface area (Å²) in [6, 6.07) is 1.55. The van der Waals surface area contributed by atoms with Crippen molar-refractivity contribution in [3.63, 3.8) is 0 Å². The lowest BCUT2D eigenvalue weighted by molar-refractivity contribution is -0.123. The molecule has 0 aliphatic carbocycles. The smallest absolute Gasteiger partial charge is 0.371 e. The fourth-order valence-electron chi connectivity index (χ4n) is 1.29. The Morgan fingerprint density at radius 2 is 1.78 bits per heavy atom. The van der Waals surface area contributed by atoms with Crippen LogP contribution < -0.4 is 10.6 Å². The molecule has 0 saturated carbocycles. The molecule has 1 aliphatic heterocycles. The Kier molecular flexibility index (Phi) is 2.68. The third-order valence-corrected chi connectivity index (χ3v) is 2.07. The van der Waals surface area contributed by atoms with Gasteiger partial charge in [-0.2, -0.15) is 0 Å². The molecule has 0 spiro atoms. The molecule has 1 aliphatic rings. The van der Waals surface area contributed by atoms with Crippen molar-refractivity contribution < 1.29 is 28.7 Å². The van der Waals surface area contributed by atoms with Gasteiger partial charge < -0.3 is 9.52 Å². The highest BCUT2D eigenvalue weighted by Crippen LogP contribution is 2.13. The molecule has 18 heavy (non-hydrogen) atoms. The maximum Gasteiger partial charge on any atom is 0.371 e. The van der Waals surface area contributed by atoms with Crippen LogP contribution in [0.25, 0.3) is 6.08 Å². The predicted molar refractivity (Wildman–Crippen MR) is 55.3 cm³/mol. The van der Waals surface area contributed by atoms with Crippen molar-refractivity contribution in [1.29, 1.82) is 0 Å². The maximum absolute atomic E-state index is 11.3. The molecule has 4 amide bonds. The molecule has 2 rings (SSSR count). The Balaban J connectivity index is 2.31. The lowest BCUT2D eigenvalue weighted by Gasteiger charge is -2.13. The number of carboxylic acid groups (broad SMARTS) is 1. The monoisotopic (exact) mass is 250 g/mol. The number of furan rings is 1. The number of carboxylic acids is 1. The summed E-state index contributed by atoms with van der Waals surface area (Å²) < 4.78 is 4.85. The minimum absolute atomic E-state index is 0.0158. The van der Waals surface area contributed by atoms with Gasteiger partial charge in [0.2, 0.25) is 5.76 Å². The summed E-state index contributed by atoms with van der Waals surface area (Å²) in [5.41, 5.74) is -0.346. The minimum Gasteiger partial charge on any atom is -0.475 e. The normalized spacial score (nSPS) is 15.1. The van der Waals surface area contributed by atoms with Crippen molar-refractivity contribution in [3.05, 3.63) is 29.2 Å². The summed E-state index contributed by atoms with van der Waals surface area (Å²) in [6.07, 6.45) is 1.05. The van der Waals surface area contributed by atoms with E-state index < -0.39 is 23.8 Å². The Bertz CT molecular complexity index is 575. The predicted octanol–water partition coefficient (Wildman–Crippen LogP) is -0.273. The van der Waals surface area contributed by atoms with Gasteiger partial charge in [-0.1, -0.05) is 0 Å². The van der Waals surface area contributed by atoms with Crippen LogP contribution in [-0.2, 0) is 9.59 Å². The van der Waals surface area contributed by atoms with Gasteiger partial charge in [-0.15, -0.1) is 0 Å². The summed E-state index contributed by atoms with van der Waals surface area (Å²) in [7, 11) is 0. The van der Waals surface area contributed by atoms with Crippen LogP contribution in [0.2, 0.25) is 0 Å². The summed E-state index contributed by atoms with van der Waals surface area (Å²) in [5.74, 6) is -3.34. The molecule has 8 heteroatoms. The summed E-state index contributed by atoms with van der Waals surface area (Å²) >= 11 is 0. The molecule has 2 heterocycles. The first kappa shape index (κ1) is 11.6. The highest BCUT2D eigenvalue weighted by atomic mass is 16.4. The average Bonchev–Trinajstić information content (AvgIpc) is 2.71. The van der Waals surface area contributed by atoms with Gasteiger partial charge in [0.05, 0.1) is 0 Å². The van der Waals surface area contributed by atoms with E-state index >= 15 is 0 Å². The number of imide groups is 2. The molecule has 0 aromatic carbocycles. The Morgan fingerprint density at radius 1 is 1.17 bits per heavy atom. The zero-order valence-electron chi connectivity index (χ0n) is 8.72. The van der Waals surface area contributed by atoms with Crippen LogP contribution in [-0.4, -0.2) is 28.9 Å². The van der Waals surface area contributed by atoms with Gasteiger partial charge in [0.1, 0.15) is 11.3 Å². The third kappa shape index (κ3) is 2.12. The first-order valence-electron chi connectivity index (χ1n) is 4.69. The fourth-order valence-corrected chi connectivity index (χ4v) is 1.29. The number of rotatable bonds is 2. The molecule has 0 bridgehead atoms. The summed E-state index contributed by atoms with van der Waals surface area (Å²) in [5, 5.41) is 12.4. The van der Waals surface area contributed by atoms with Crippen LogP contribution in [0.4, 0.5) is 4.79 Å². The second-order valence-electron chi connectivity index (χ2n) is 3.30. The van der Waals surface area contributed by atoms with E-state index in [-0.39, 0.29) is 17.1 Å². The van der Waals surface area contributed by atoms with Crippen LogP contribution >= 0.6 is 0 Å². The van der Waals surface area contributed by atoms with Crippen LogP contribution in [0.5, 0.6) is 0 Å². The molecule has 1 aromatic heterocycles. The highest BCUT2D eigenvalue weighted by Gasteiger charge is 2.28. The molecule has 92 valence electrons. The molecule has 1 fully saturated rings. The SMILES string of the molecule is O=C1NC(=O)C(=Cc2ccc(C(=O)O)o2)C(=O)N1. The number of urea groups is 1. The van der Waals surface area contributed by atoms with Crippen LogP contribution in [0.15, 0.2) is 22.1 Å². The Morgan fingerprint density at radius 3 is 2.28 bits per heavy atom. The van der Waals surface area contributed by atoms with E-state index in [2.05, 4.69) is 0 Å². The number of carbonyl (C=O) groups is 4. The van der Waals surface area contributed by atoms with Crippen LogP contribution in [0.3, 0.4) is 0 Å². The van der Waals surface area contributed by atoms with Crippen LogP contribution in [0, 0.1) is 0 Å². The molecule has 0 radical (unpaired) electrons. The molecule has 0 atom stereocenters. The van der Waals surface area contributed by atoms with Gasteiger partial charge >= 0.3 is 12.0 Å². The van der Waals surface area contributed by atoms with Gasteiger partial charge in [-0.3, -0.25) is 20.2 Å². The molecular formula is C10H6N2O6. The zero-order chi connectivity index (χ0) is 13.3. The minimum atomic E-state index is -1.27. The van der Waals surface area contributed by atoms with Gasteiger partial charge in [0.15, 0.2) is 0 Å². The van der Waals surface area contributed by atoms with Crippen molar-refractivity contribution in [3.8, 4) is 0 Å². The fraction of sp³-hybridized carbons (Fsp3) is 0. The number of hydrogen-bond donors (Lipinski definition) is 3. The molecule has 1 aromatic rings. The summed E-state index contributed by atoms with van der Waals surface area (Å²) in [6.45, 7) is 0. The van der Waals surface area contributed by atoms with E-state index in [4.69, 9.17) is 9.52 Å².